The fraction of sp³-hybridized carbons (Fsp3) is 0.364. The van der Waals surface area contributed by atoms with Crippen molar-refractivity contribution in [2.45, 2.75) is 20.3 Å². The first-order chi connectivity index (χ1) is 5.77. The van der Waals surface area contributed by atoms with Gasteiger partial charge in [-0.05, 0) is 13.3 Å². The summed E-state index contributed by atoms with van der Waals surface area (Å²) in [5.74, 6) is 0.410. The molecule has 0 bridgehead atoms. The van der Waals surface area contributed by atoms with Crippen LogP contribution in [0.2, 0.25) is 0 Å². The van der Waals surface area contributed by atoms with Crippen LogP contribution in [0.15, 0.2) is 41.6 Å². The van der Waals surface area contributed by atoms with E-state index in [1.54, 1.807) is 6.08 Å². The molecular formula is C11H15N. The summed E-state index contributed by atoms with van der Waals surface area (Å²) in [7, 11) is 0. The molecule has 0 radical (unpaired) electrons. The van der Waals surface area contributed by atoms with E-state index in [1.807, 2.05) is 13.0 Å². The molecule has 0 aromatic heterocycles. The molecular weight excluding hydrogens is 146 g/mol. The van der Waals surface area contributed by atoms with Crippen LogP contribution < -0.4 is 0 Å². The molecule has 0 saturated heterocycles. The predicted octanol–water partition coefficient (Wildman–Crippen LogP) is 3.11. The molecule has 1 aliphatic rings. The Morgan fingerprint density at radius 2 is 2.42 bits per heavy atom. The molecule has 0 aromatic rings. The molecule has 0 aromatic carbocycles. The highest BCUT2D eigenvalue weighted by Gasteiger charge is 2.13. The Morgan fingerprint density at radius 1 is 1.67 bits per heavy atom. The predicted molar refractivity (Wildman–Crippen MR) is 54.3 cm³/mol. The third kappa shape index (κ3) is 1.94. The second-order valence-electron chi connectivity index (χ2n) is 2.91. The van der Waals surface area contributed by atoms with Crippen molar-refractivity contribution < 1.29 is 0 Å². The van der Waals surface area contributed by atoms with E-state index in [4.69, 9.17) is 0 Å². The lowest BCUT2D eigenvalue weighted by molar-refractivity contribution is 1.09. The van der Waals surface area contributed by atoms with Gasteiger partial charge in [-0.25, -0.2) is 0 Å². The number of allylic oxidation sites excluding steroid dienone is 5. The van der Waals surface area contributed by atoms with Gasteiger partial charge < -0.3 is 0 Å². The molecule has 0 aliphatic carbocycles. The minimum absolute atomic E-state index is 0.410. The van der Waals surface area contributed by atoms with Crippen LogP contribution in [0.5, 0.6) is 0 Å². The van der Waals surface area contributed by atoms with Crippen molar-refractivity contribution in [1.29, 1.82) is 0 Å². The Labute approximate surface area is 74.2 Å². The van der Waals surface area contributed by atoms with Crippen LogP contribution in [0.4, 0.5) is 0 Å². The van der Waals surface area contributed by atoms with Crippen LogP contribution >= 0.6 is 0 Å². The van der Waals surface area contributed by atoms with Crippen LogP contribution in [0, 0.1) is 5.92 Å². The molecule has 1 heterocycles. The standard InChI is InChI=1S/C11H15N/c1-4-6-7-10-8-9(3)12-11(10)5-2/h4,6-8,10H,1,5H2,2-3H3/b7-6-. The van der Waals surface area contributed by atoms with Gasteiger partial charge in [-0.1, -0.05) is 37.8 Å². The van der Waals surface area contributed by atoms with E-state index in [0.717, 1.165) is 12.1 Å². The summed E-state index contributed by atoms with van der Waals surface area (Å²) in [6.45, 7) is 7.82. The Balaban J connectivity index is 2.72. The van der Waals surface area contributed by atoms with Crippen molar-refractivity contribution in [2.24, 2.45) is 10.9 Å². The molecule has 0 spiro atoms. The fourth-order valence-corrected chi connectivity index (χ4v) is 1.37. The molecule has 1 nitrogen and oxygen atoms in total. The molecule has 1 aliphatic heterocycles. The maximum Gasteiger partial charge on any atom is 0.0356 e. The topological polar surface area (TPSA) is 12.4 Å². The van der Waals surface area contributed by atoms with Crippen LogP contribution in [0.3, 0.4) is 0 Å². The molecule has 12 heavy (non-hydrogen) atoms. The lowest BCUT2D eigenvalue weighted by atomic mass is 10.0. The van der Waals surface area contributed by atoms with Gasteiger partial charge in [-0.3, -0.25) is 4.99 Å². The molecule has 0 amide bonds. The van der Waals surface area contributed by atoms with Crippen LogP contribution in [-0.4, -0.2) is 5.71 Å². The van der Waals surface area contributed by atoms with Gasteiger partial charge in [0.15, 0.2) is 0 Å². The summed E-state index contributed by atoms with van der Waals surface area (Å²) >= 11 is 0. The lowest BCUT2D eigenvalue weighted by Gasteiger charge is -2.02. The third-order valence-corrected chi connectivity index (χ3v) is 1.94. The quantitative estimate of drug-likeness (QED) is 0.564. The van der Waals surface area contributed by atoms with E-state index in [1.165, 1.54) is 5.71 Å². The minimum Gasteiger partial charge on any atom is -0.262 e. The molecule has 1 atom stereocenters. The number of aliphatic imine (C=N–C) groups is 1. The average molecular weight is 161 g/mol. The van der Waals surface area contributed by atoms with Crippen LogP contribution in [0.1, 0.15) is 20.3 Å². The van der Waals surface area contributed by atoms with Crippen molar-refractivity contribution in [3.05, 3.63) is 36.6 Å². The summed E-state index contributed by atoms with van der Waals surface area (Å²) in [5, 5.41) is 0. The monoisotopic (exact) mass is 161 g/mol. The summed E-state index contributed by atoms with van der Waals surface area (Å²) in [5.41, 5.74) is 2.39. The lowest BCUT2D eigenvalue weighted by Crippen LogP contribution is -2.03. The van der Waals surface area contributed by atoms with E-state index < -0.39 is 0 Å². The zero-order valence-electron chi connectivity index (χ0n) is 7.75. The van der Waals surface area contributed by atoms with Gasteiger partial charge in [0.05, 0.1) is 0 Å². The van der Waals surface area contributed by atoms with E-state index in [-0.39, 0.29) is 0 Å². The SMILES string of the molecule is C=C/C=C\C1C=C(C)N=C1CC. The molecule has 1 heteroatoms. The molecule has 0 N–H and O–H groups in total. The largest absolute Gasteiger partial charge is 0.262 e. The van der Waals surface area contributed by atoms with Crippen molar-refractivity contribution in [2.75, 3.05) is 0 Å². The highest BCUT2D eigenvalue weighted by molar-refractivity contribution is 5.92. The van der Waals surface area contributed by atoms with Gasteiger partial charge in [0, 0.05) is 17.3 Å². The van der Waals surface area contributed by atoms with Gasteiger partial charge in [0.25, 0.3) is 0 Å². The molecule has 1 rings (SSSR count). The Morgan fingerprint density at radius 3 is 3.00 bits per heavy atom. The summed E-state index contributed by atoms with van der Waals surface area (Å²) in [6.07, 6.45) is 9.12. The van der Waals surface area contributed by atoms with Crippen LogP contribution in [0.25, 0.3) is 0 Å². The number of rotatable bonds is 3. The molecule has 64 valence electrons. The van der Waals surface area contributed by atoms with Crippen LogP contribution in [-0.2, 0) is 0 Å². The Bertz CT molecular complexity index is 256. The second-order valence-corrected chi connectivity index (χ2v) is 2.91. The maximum atomic E-state index is 4.43. The first-order valence-corrected chi connectivity index (χ1v) is 4.33. The number of hydrogen-bond acceptors (Lipinski definition) is 1. The normalized spacial score (nSPS) is 22.7. The first-order valence-electron chi connectivity index (χ1n) is 4.33. The van der Waals surface area contributed by atoms with Gasteiger partial charge in [-0.2, -0.15) is 0 Å². The van der Waals surface area contributed by atoms with Crippen molar-refractivity contribution >= 4 is 5.71 Å². The van der Waals surface area contributed by atoms with Gasteiger partial charge in [-0.15, -0.1) is 0 Å². The summed E-state index contributed by atoms with van der Waals surface area (Å²) in [6, 6.07) is 0. The second kappa shape index (κ2) is 4.05. The zero-order chi connectivity index (χ0) is 8.97. The molecule has 1 unspecified atom stereocenters. The highest BCUT2D eigenvalue weighted by Crippen LogP contribution is 2.19. The van der Waals surface area contributed by atoms with Gasteiger partial charge in [0.1, 0.15) is 0 Å². The van der Waals surface area contributed by atoms with Gasteiger partial charge >= 0.3 is 0 Å². The van der Waals surface area contributed by atoms with Crippen molar-refractivity contribution in [1.82, 2.24) is 0 Å². The Hall–Kier alpha value is -1.11. The molecule has 0 fully saturated rings. The highest BCUT2D eigenvalue weighted by atomic mass is 14.8. The molecule has 0 saturated carbocycles. The smallest absolute Gasteiger partial charge is 0.0356 e. The van der Waals surface area contributed by atoms with Crippen molar-refractivity contribution in [3.63, 3.8) is 0 Å². The zero-order valence-corrected chi connectivity index (χ0v) is 7.75. The van der Waals surface area contributed by atoms with Crippen molar-refractivity contribution in [3.8, 4) is 0 Å². The van der Waals surface area contributed by atoms with E-state index >= 15 is 0 Å². The van der Waals surface area contributed by atoms with E-state index in [2.05, 4.69) is 30.6 Å². The Kier molecular flexibility index (Phi) is 3.03. The number of nitrogens with zero attached hydrogens (tertiary/aromatic N) is 1. The maximum absolute atomic E-state index is 4.43. The van der Waals surface area contributed by atoms with E-state index in [0.29, 0.717) is 5.92 Å². The van der Waals surface area contributed by atoms with E-state index in [9.17, 15) is 0 Å². The summed E-state index contributed by atoms with van der Waals surface area (Å²) < 4.78 is 0. The minimum atomic E-state index is 0.410. The van der Waals surface area contributed by atoms with Gasteiger partial charge in [0.2, 0.25) is 0 Å². The average Bonchev–Trinajstić information content (AvgIpc) is 2.42. The number of hydrogen-bond donors (Lipinski definition) is 0. The first kappa shape index (κ1) is 8.98. The third-order valence-electron chi connectivity index (χ3n) is 1.94. The summed E-state index contributed by atoms with van der Waals surface area (Å²) in [4.78, 5) is 4.43. The fourth-order valence-electron chi connectivity index (χ4n) is 1.37.